The van der Waals surface area contributed by atoms with Crippen molar-refractivity contribution >= 4 is 17.4 Å². The first kappa shape index (κ1) is 14.2. The molecule has 22 heavy (non-hydrogen) atoms. The monoisotopic (exact) mass is 311 g/mol. The number of nitrogens with zero attached hydrogens (tertiary/aromatic N) is 2. The molecule has 108 valence electrons. The highest BCUT2D eigenvalue weighted by atomic mass is 35.5. The van der Waals surface area contributed by atoms with Crippen molar-refractivity contribution in [1.82, 2.24) is 4.57 Å². The molecule has 0 bridgehead atoms. The molecule has 1 aromatic heterocycles. The summed E-state index contributed by atoms with van der Waals surface area (Å²) in [5.41, 5.74) is 8.64. The van der Waals surface area contributed by atoms with Gasteiger partial charge < -0.3 is 10.3 Å². The van der Waals surface area contributed by atoms with E-state index in [9.17, 15) is 9.65 Å². The van der Waals surface area contributed by atoms with Crippen LogP contribution in [-0.2, 0) is 0 Å². The van der Waals surface area contributed by atoms with Crippen LogP contribution in [0.1, 0.15) is 5.56 Å². The number of hydrogen-bond donors (Lipinski definition) is 1. The molecular formula is C17H11ClFN3. The first-order valence-electron chi connectivity index (χ1n) is 6.53. The summed E-state index contributed by atoms with van der Waals surface area (Å²) in [6.07, 6.45) is 1.77. The van der Waals surface area contributed by atoms with E-state index in [1.54, 1.807) is 35.0 Å². The zero-order valence-electron chi connectivity index (χ0n) is 11.4. The maximum atomic E-state index is 13.1. The molecule has 3 rings (SSSR count). The average molecular weight is 312 g/mol. The summed E-state index contributed by atoms with van der Waals surface area (Å²) < 4.78 is 14.8. The number of nitriles is 1. The lowest BCUT2D eigenvalue weighted by atomic mass is 10.1. The Morgan fingerprint density at radius 2 is 1.68 bits per heavy atom. The Kier molecular flexibility index (Phi) is 3.58. The Balaban J connectivity index is 2.17. The van der Waals surface area contributed by atoms with E-state index in [1.807, 2.05) is 12.1 Å². The molecule has 0 saturated heterocycles. The molecule has 0 aliphatic heterocycles. The van der Waals surface area contributed by atoms with Crippen LogP contribution >= 0.6 is 11.6 Å². The number of halogens is 2. The standard InChI is InChI=1S/C17H11ClFN3/c18-12-3-7-14(8-4-12)22-10-16(15(9-20)17(22)21)11-1-5-13(19)6-2-11/h1-8,10H,21H2. The zero-order valence-corrected chi connectivity index (χ0v) is 12.2. The second-order valence-corrected chi connectivity index (χ2v) is 5.20. The van der Waals surface area contributed by atoms with E-state index in [0.717, 1.165) is 11.3 Å². The third-order valence-electron chi connectivity index (χ3n) is 3.42. The third-order valence-corrected chi connectivity index (χ3v) is 3.67. The van der Waals surface area contributed by atoms with Crippen LogP contribution in [0.3, 0.4) is 0 Å². The van der Waals surface area contributed by atoms with Crippen LogP contribution in [-0.4, -0.2) is 4.57 Å². The van der Waals surface area contributed by atoms with Gasteiger partial charge in [-0.3, -0.25) is 0 Å². The Morgan fingerprint density at radius 3 is 2.27 bits per heavy atom. The normalized spacial score (nSPS) is 10.4. The molecule has 1 heterocycles. The van der Waals surface area contributed by atoms with Gasteiger partial charge in [0.15, 0.2) is 0 Å². The molecule has 0 aliphatic rings. The van der Waals surface area contributed by atoms with Gasteiger partial charge in [-0.15, -0.1) is 0 Å². The number of nitrogens with two attached hydrogens (primary N) is 1. The molecule has 0 unspecified atom stereocenters. The topological polar surface area (TPSA) is 54.7 Å². The van der Waals surface area contributed by atoms with Crippen LogP contribution in [0.5, 0.6) is 0 Å². The summed E-state index contributed by atoms with van der Waals surface area (Å²) in [5, 5.41) is 10.0. The molecule has 3 nitrogen and oxygen atoms in total. The second kappa shape index (κ2) is 5.55. The molecule has 2 N–H and O–H groups in total. The summed E-state index contributed by atoms with van der Waals surface area (Å²) in [6.45, 7) is 0. The van der Waals surface area contributed by atoms with Crippen LogP contribution < -0.4 is 5.73 Å². The predicted octanol–water partition coefficient (Wildman–Crippen LogP) is 4.39. The van der Waals surface area contributed by atoms with Crippen molar-refractivity contribution in [3.63, 3.8) is 0 Å². The van der Waals surface area contributed by atoms with Gasteiger partial charge in [0.25, 0.3) is 0 Å². The lowest BCUT2D eigenvalue weighted by molar-refractivity contribution is 0.628. The fourth-order valence-electron chi connectivity index (χ4n) is 2.30. The minimum Gasteiger partial charge on any atom is -0.384 e. The lowest BCUT2D eigenvalue weighted by Crippen LogP contribution is -1.99. The van der Waals surface area contributed by atoms with E-state index in [4.69, 9.17) is 17.3 Å². The van der Waals surface area contributed by atoms with Crippen molar-refractivity contribution in [1.29, 1.82) is 5.26 Å². The molecular weight excluding hydrogens is 301 g/mol. The zero-order chi connectivity index (χ0) is 15.7. The number of nitrogen functional groups attached to an aromatic ring is 1. The van der Waals surface area contributed by atoms with Gasteiger partial charge in [-0.1, -0.05) is 23.7 Å². The van der Waals surface area contributed by atoms with Gasteiger partial charge in [-0.2, -0.15) is 5.26 Å². The first-order valence-corrected chi connectivity index (χ1v) is 6.91. The molecule has 3 aromatic rings. The number of hydrogen-bond acceptors (Lipinski definition) is 2. The molecule has 0 spiro atoms. The molecule has 0 aliphatic carbocycles. The van der Waals surface area contributed by atoms with Gasteiger partial charge in [0.1, 0.15) is 23.3 Å². The van der Waals surface area contributed by atoms with Crippen molar-refractivity contribution in [2.75, 3.05) is 5.73 Å². The fraction of sp³-hybridized carbons (Fsp3) is 0. The largest absolute Gasteiger partial charge is 0.384 e. The smallest absolute Gasteiger partial charge is 0.126 e. The molecule has 0 radical (unpaired) electrons. The predicted molar refractivity (Wildman–Crippen MR) is 85.3 cm³/mol. The maximum Gasteiger partial charge on any atom is 0.126 e. The lowest BCUT2D eigenvalue weighted by Gasteiger charge is -2.05. The van der Waals surface area contributed by atoms with Gasteiger partial charge in [0.05, 0.1) is 0 Å². The molecule has 0 saturated carbocycles. The Labute approximate surface area is 132 Å². The minimum atomic E-state index is -0.327. The van der Waals surface area contributed by atoms with Gasteiger partial charge in [-0.25, -0.2) is 4.39 Å². The van der Waals surface area contributed by atoms with Crippen LogP contribution in [0.25, 0.3) is 16.8 Å². The minimum absolute atomic E-state index is 0.327. The summed E-state index contributed by atoms with van der Waals surface area (Å²) >= 11 is 5.89. The van der Waals surface area contributed by atoms with Gasteiger partial charge in [0, 0.05) is 22.5 Å². The van der Waals surface area contributed by atoms with Crippen LogP contribution in [0.15, 0.2) is 54.7 Å². The van der Waals surface area contributed by atoms with E-state index in [2.05, 4.69) is 6.07 Å². The number of rotatable bonds is 2. The van der Waals surface area contributed by atoms with E-state index in [1.165, 1.54) is 12.1 Å². The maximum absolute atomic E-state index is 13.1. The summed E-state index contributed by atoms with van der Waals surface area (Å²) in [7, 11) is 0. The fourth-order valence-corrected chi connectivity index (χ4v) is 2.43. The Hall–Kier alpha value is -2.77. The van der Waals surface area contributed by atoms with Crippen molar-refractivity contribution in [2.45, 2.75) is 0 Å². The van der Waals surface area contributed by atoms with Crippen molar-refractivity contribution in [2.24, 2.45) is 0 Å². The average Bonchev–Trinajstić information content (AvgIpc) is 2.85. The van der Waals surface area contributed by atoms with E-state index >= 15 is 0 Å². The molecule has 0 fully saturated rings. The first-order chi connectivity index (χ1) is 10.6. The quantitative estimate of drug-likeness (QED) is 0.763. The molecule has 2 aromatic carbocycles. The summed E-state index contributed by atoms with van der Waals surface area (Å²) in [5.74, 6) is 0.0107. The van der Waals surface area contributed by atoms with Gasteiger partial charge in [0.2, 0.25) is 0 Å². The van der Waals surface area contributed by atoms with E-state index in [-0.39, 0.29) is 5.82 Å². The Morgan fingerprint density at radius 1 is 1.05 bits per heavy atom. The summed E-state index contributed by atoms with van der Waals surface area (Å²) in [4.78, 5) is 0. The summed E-state index contributed by atoms with van der Waals surface area (Å²) in [6, 6.07) is 15.2. The molecule has 0 amide bonds. The highest BCUT2D eigenvalue weighted by Gasteiger charge is 2.15. The molecule has 5 heteroatoms. The van der Waals surface area contributed by atoms with E-state index < -0.39 is 0 Å². The van der Waals surface area contributed by atoms with Crippen molar-refractivity contribution < 1.29 is 4.39 Å². The van der Waals surface area contributed by atoms with E-state index in [0.29, 0.717) is 22.0 Å². The van der Waals surface area contributed by atoms with Crippen LogP contribution in [0.4, 0.5) is 10.2 Å². The van der Waals surface area contributed by atoms with Crippen molar-refractivity contribution in [3.8, 4) is 22.9 Å². The molecule has 0 atom stereocenters. The number of anilines is 1. The van der Waals surface area contributed by atoms with Crippen LogP contribution in [0.2, 0.25) is 5.02 Å². The van der Waals surface area contributed by atoms with Crippen LogP contribution in [0, 0.1) is 17.1 Å². The van der Waals surface area contributed by atoms with Gasteiger partial charge >= 0.3 is 0 Å². The number of benzene rings is 2. The highest BCUT2D eigenvalue weighted by molar-refractivity contribution is 6.30. The second-order valence-electron chi connectivity index (χ2n) is 4.77. The van der Waals surface area contributed by atoms with Crippen molar-refractivity contribution in [3.05, 3.63) is 71.1 Å². The van der Waals surface area contributed by atoms with Gasteiger partial charge in [-0.05, 0) is 42.0 Å². The third kappa shape index (κ3) is 2.43. The highest BCUT2D eigenvalue weighted by Crippen LogP contribution is 2.32. The number of aromatic nitrogens is 1. The SMILES string of the molecule is N#Cc1c(-c2ccc(F)cc2)cn(-c2ccc(Cl)cc2)c1N. The Bertz CT molecular complexity index is 859.